The molecule has 1 heterocycles. The molecule has 37 heavy (non-hydrogen) atoms. The molecule has 1 unspecified atom stereocenters. The highest BCUT2D eigenvalue weighted by Crippen LogP contribution is 2.31. The van der Waals surface area contributed by atoms with Crippen LogP contribution in [0.25, 0.3) is 22.2 Å². The Hall–Kier alpha value is -3.60. The van der Waals surface area contributed by atoms with Crippen LogP contribution in [0.15, 0.2) is 66.7 Å². The van der Waals surface area contributed by atoms with Crippen LogP contribution in [0.3, 0.4) is 0 Å². The SMILES string of the molecule is C#CC(c1ccccc1Cl)n1c(C)nc2ccc(C(=O)NS(=O)(=O)CCCCC)cc21.c1cc2ccc1-2. The normalized spacial score (nSPS) is 12.3. The quantitative estimate of drug-likeness (QED) is 0.192. The van der Waals surface area contributed by atoms with Crippen LogP contribution in [0.1, 0.15) is 54.0 Å². The molecule has 3 aromatic rings. The highest BCUT2D eigenvalue weighted by molar-refractivity contribution is 7.90. The molecule has 1 aromatic heterocycles. The van der Waals surface area contributed by atoms with Crippen molar-refractivity contribution in [3.8, 4) is 23.5 Å². The number of halogens is 1. The Bertz CT molecular complexity index is 1560. The fourth-order valence-electron chi connectivity index (χ4n) is 4.14. The van der Waals surface area contributed by atoms with Crippen molar-refractivity contribution in [3.63, 3.8) is 0 Å². The number of amides is 1. The maximum Gasteiger partial charge on any atom is 0.264 e. The van der Waals surface area contributed by atoms with Crippen molar-refractivity contribution in [2.24, 2.45) is 0 Å². The van der Waals surface area contributed by atoms with E-state index in [0.717, 1.165) is 18.4 Å². The molecule has 0 radical (unpaired) electrons. The summed E-state index contributed by atoms with van der Waals surface area (Å²) in [5, 5.41) is 0.527. The zero-order valence-electron chi connectivity index (χ0n) is 20.7. The molecule has 0 saturated carbocycles. The molecule has 190 valence electrons. The van der Waals surface area contributed by atoms with Gasteiger partial charge >= 0.3 is 0 Å². The summed E-state index contributed by atoms with van der Waals surface area (Å²) >= 11 is 6.36. The van der Waals surface area contributed by atoms with E-state index in [1.54, 1.807) is 24.3 Å². The van der Waals surface area contributed by atoms with Crippen molar-refractivity contribution in [1.82, 2.24) is 14.3 Å². The van der Waals surface area contributed by atoms with Crippen molar-refractivity contribution in [3.05, 3.63) is 88.7 Å². The highest BCUT2D eigenvalue weighted by Gasteiger charge is 2.21. The van der Waals surface area contributed by atoms with E-state index in [0.29, 0.717) is 28.3 Å². The number of imidazole rings is 1. The molecule has 1 atom stereocenters. The maximum atomic E-state index is 12.6. The van der Waals surface area contributed by atoms with Gasteiger partial charge < -0.3 is 4.57 Å². The van der Waals surface area contributed by atoms with E-state index in [4.69, 9.17) is 18.0 Å². The zero-order valence-corrected chi connectivity index (χ0v) is 22.3. The largest absolute Gasteiger partial charge is 0.309 e. The summed E-state index contributed by atoms with van der Waals surface area (Å²) in [5.74, 6) is 2.64. The van der Waals surface area contributed by atoms with Gasteiger partial charge in [0.1, 0.15) is 11.9 Å². The van der Waals surface area contributed by atoms with Gasteiger partial charge in [0.05, 0.1) is 16.8 Å². The lowest BCUT2D eigenvalue weighted by Gasteiger charge is -2.17. The van der Waals surface area contributed by atoms with Crippen molar-refractivity contribution in [2.75, 3.05) is 5.75 Å². The number of carbonyl (C=O) groups excluding carboxylic acids is 1. The summed E-state index contributed by atoms with van der Waals surface area (Å²) in [7, 11) is -3.70. The first kappa shape index (κ1) is 26.5. The number of carbonyl (C=O) groups is 1. The lowest BCUT2D eigenvalue weighted by Crippen LogP contribution is -2.32. The van der Waals surface area contributed by atoms with E-state index in [1.807, 2.05) is 36.6 Å². The molecule has 5 rings (SSSR count). The molecule has 0 bridgehead atoms. The Morgan fingerprint density at radius 2 is 1.76 bits per heavy atom. The predicted molar refractivity (Wildman–Crippen MR) is 149 cm³/mol. The number of fused-ring (bicyclic) bond motifs is 2. The van der Waals surface area contributed by atoms with Crippen LogP contribution in [-0.4, -0.2) is 29.6 Å². The highest BCUT2D eigenvalue weighted by atomic mass is 35.5. The molecule has 1 N–H and O–H groups in total. The number of hydrogen-bond acceptors (Lipinski definition) is 4. The summed E-state index contributed by atoms with van der Waals surface area (Å²) in [4.78, 5) is 17.2. The lowest BCUT2D eigenvalue weighted by molar-refractivity contribution is 0.0981. The number of nitrogens with zero attached hydrogens (tertiary/aromatic N) is 2. The third-order valence-corrected chi connectivity index (χ3v) is 7.89. The van der Waals surface area contributed by atoms with Gasteiger partial charge in [-0.1, -0.05) is 79.8 Å². The third kappa shape index (κ3) is 5.87. The first-order chi connectivity index (χ1) is 17.7. The Labute approximate surface area is 222 Å². The molecule has 0 saturated heterocycles. The van der Waals surface area contributed by atoms with Gasteiger partial charge in [0.2, 0.25) is 10.0 Å². The van der Waals surface area contributed by atoms with Gasteiger partial charge in [-0.3, -0.25) is 4.79 Å². The fraction of sp³-hybridized carbons (Fsp3) is 0.241. The smallest absolute Gasteiger partial charge is 0.264 e. The van der Waals surface area contributed by atoms with Crippen molar-refractivity contribution >= 4 is 38.6 Å². The number of terminal acetylenes is 1. The Morgan fingerprint density at radius 1 is 1.08 bits per heavy atom. The molecule has 2 aromatic carbocycles. The van der Waals surface area contributed by atoms with E-state index in [2.05, 4.69) is 39.9 Å². The minimum Gasteiger partial charge on any atom is -0.309 e. The van der Waals surface area contributed by atoms with Crippen LogP contribution in [-0.2, 0) is 10.0 Å². The van der Waals surface area contributed by atoms with Crippen molar-refractivity contribution < 1.29 is 13.2 Å². The number of aryl methyl sites for hydroxylation is 1. The van der Waals surface area contributed by atoms with Gasteiger partial charge in [0, 0.05) is 16.1 Å². The molecule has 0 fully saturated rings. The average molecular weight is 534 g/mol. The minimum atomic E-state index is -3.70. The molecule has 0 aliphatic heterocycles. The number of benzene rings is 3. The molecule has 6 nitrogen and oxygen atoms in total. The number of unbranched alkanes of at least 4 members (excludes halogenated alkanes) is 2. The standard InChI is InChI=1S/C23H24ClN3O3S.C6H4/c1-4-6-9-14-31(29,30)26-23(28)17-12-13-20-22(15-17)27(16(3)25-20)21(5-2)18-10-7-8-11-19(18)24;1-2-6-4-3-5(1)6/h2,7-8,10-13,15,21H,4,6,9,14H2,1,3H3,(H,26,28);1-4H. The topological polar surface area (TPSA) is 81.1 Å². The number of rotatable bonds is 8. The van der Waals surface area contributed by atoms with Gasteiger partial charge in [-0.2, -0.15) is 0 Å². The van der Waals surface area contributed by atoms with Crippen LogP contribution in [0.4, 0.5) is 0 Å². The first-order valence-electron chi connectivity index (χ1n) is 12.1. The van der Waals surface area contributed by atoms with Gasteiger partial charge in [-0.05, 0) is 48.7 Å². The maximum absolute atomic E-state index is 12.6. The van der Waals surface area contributed by atoms with Crippen LogP contribution in [0.2, 0.25) is 5.02 Å². The number of sulfonamides is 1. The average Bonchev–Trinajstić information content (AvgIpc) is 3.18. The van der Waals surface area contributed by atoms with E-state index in [-0.39, 0.29) is 11.3 Å². The second-order valence-electron chi connectivity index (χ2n) is 8.86. The van der Waals surface area contributed by atoms with E-state index < -0.39 is 22.0 Å². The third-order valence-electron chi connectivity index (χ3n) is 6.23. The Morgan fingerprint density at radius 3 is 2.32 bits per heavy atom. The molecule has 1 amide bonds. The molecule has 2 aliphatic rings. The predicted octanol–water partition coefficient (Wildman–Crippen LogP) is 6.14. The molecule has 0 spiro atoms. The summed E-state index contributed by atoms with van der Waals surface area (Å²) < 4.78 is 28.4. The van der Waals surface area contributed by atoms with Gasteiger partial charge in [0.25, 0.3) is 5.91 Å². The second kappa shape index (κ2) is 11.2. The monoisotopic (exact) mass is 533 g/mol. The molecular weight excluding hydrogens is 506 g/mol. The zero-order chi connectivity index (χ0) is 26.6. The number of aromatic nitrogens is 2. The number of nitrogens with one attached hydrogen (secondary N) is 1. The van der Waals surface area contributed by atoms with Gasteiger partial charge in [-0.25, -0.2) is 18.1 Å². The van der Waals surface area contributed by atoms with Gasteiger partial charge in [0.15, 0.2) is 0 Å². The molecular formula is C29H28ClN3O3S. The Balaban J connectivity index is 0.000000458. The van der Waals surface area contributed by atoms with Crippen LogP contribution in [0, 0.1) is 19.3 Å². The van der Waals surface area contributed by atoms with Crippen LogP contribution >= 0.6 is 11.6 Å². The van der Waals surface area contributed by atoms with Crippen LogP contribution < -0.4 is 4.72 Å². The van der Waals surface area contributed by atoms with E-state index in [9.17, 15) is 13.2 Å². The summed E-state index contributed by atoms with van der Waals surface area (Å²) in [6.07, 6.45) is 8.03. The van der Waals surface area contributed by atoms with E-state index >= 15 is 0 Å². The Kier molecular flexibility index (Phi) is 8.01. The van der Waals surface area contributed by atoms with Crippen LogP contribution in [0.5, 0.6) is 0 Å². The number of hydrogen-bond donors (Lipinski definition) is 1. The summed E-state index contributed by atoms with van der Waals surface area (Å²) in [5.41, 5.74) is 5.07. The summed E-state index contributed by atoms with van der Waals surface area (Å²) in [6, 6.07) is 20.1. The fourth-order valence-corrected chi connectivity index (χ4v) is 5.46. The molecule has 2 aliphatic carbocycles. The van der Waals surface area contributed by atoms with Crippen molar-refractivity contribution in [1.29, 1.82) is 0 Å². The van der Waals surface area contributed by atoms with E-state index in [1.165, 1.54) is 11.1 Å². The second-order valence-corrected chi connectivity index (χ2v) is 11.1. The molecule has 8 heteroatoms. The van der Waals surface area contributed by atoms with Crippen molar-refractivity contribution in [2.45, 2.75) is 39.2 Å². The summed E-state index contributed by atoms with van der Waals surface area (Å²) in [6.45, 7) is 3.80. The first-order valence-corrected chi connectivity index (χ1v) is 14.1. The van der Waals surface area contributed by atoms with Gasteiger partial charge in [-0.15, -0.1) is 6.42 Å². The minimum absolute atomic E-state index is 0.0858. The lowest BCUT2D eigenvalue weighted by atomic mass is 9.95.